The Bertz CT molecular complexity index is 479. The van der Waals surface area contributed by atoms with Crippen LogP contribution in [0.1, 0.15) is 23.2 Å². The fraction of sp³-hybridized carbons (Fsp3) is 0.600. The fourth-order valence-corrected chi connectivity index (χ4v) is 2.75. The van der Waals surface area contributed by atoms with Gasteiger partial charge in [-0.1, -0.05) is 0 Å². The van der Waals surface area contributed by atoms with E-state index in [0.717, 1.165) is 32.1 Å². The number of hydrogen-bond acceptors (Lipinski definition) is 4. The molecule has 5 nitrogen and oxygen atoms in total. The lowest BCUT2D eigenvalue weighted by Crippen LogP contribution is -2.49. The number of nitrogens with one attached hydrogen (secondary N) is 1. The lowest BCUT2D eigenvalue weighted by molar-refractivity contribution is 0.0632. The minimum absolute atomic E-state index is 0.0912. The first-order valence-electron chi connectivity index (χ1n) is 7.42. The molecule has 1 amide bonds. The van der Waals surface area contributed by atoms with Crippen molar-refractivity contribution in [1.29, 1.82) is 0 Å². The molecule has 1 aliphatic heterocycles. The summed E-state index contributed by atoms with van der Waals surface area (Å²) in [4.78, 5) is 21.2. The van der Waals surface area contributed by atoms with E-state index in [4.69, 9.17) is 0 Å². The van der Waals surface area contributed by atoms with Crippen LogP contribution in [0.4, 0.5) is 5.82 Å². The van der Waals surface area contributed by atoms with E-state index in [1.54, 1.807) is 13.2 Å². The molecular weight excluding hydrogens is 252 g/mol. The normalized spacial score (nSPS) is 19.9. The third kappa shape index (κ3) is 2.93. The Morgan fingerprint density at radius 2 is 2.10 bits per heavy atom. The molecule has 0 atom stereocenters. The zero-order chi connectivity index (χ0) is 13.9. The van der Waals surface area contributed by atoms with E-state index in [2.05, 4.69) is 15.2 Å². The van der Waals surface area contributed by atoms with Crippen molar-refractivity contribution in [3.8, 4) is 0 Å². The molecule has 2 aliphatic rings. The topological polar surface area (TPSA) is 48.5 Å². The van der Waals surface area contributed by atoms with Crippen molar-refractivity contribution in [1.82, 2.24) is 14.8 Å². The van der Waals surface area contributed by atoms with Crippen LogP contribution in [0.15, 0.2) is 18.3 Å². The quantitative estimate of drug-likeness (QED) is 0.899. The van der Waals surface area contributed by atoms with Crippen LogP contribution in [0.3, 0.4) is 0 Å². The molecule has 108 valence electrons. The molecule has 20 heavy (non-hydrogen) atoms. The van der Waals surface area contributed by atoms with Gasteiger partial charge in [-0.25, -0.2) is 4.98 Å². The van der Waals surface area contributed by atoms with E-state index in [9.17, 15) is 4.79 Å². The fourth-order valence-electron chi connectivity index (χ4n) is 2.75. The van der Waals surface area contributed by atoms with Crippen molar-refractivity contribution < 1.29 is 4.79 Å². The standard InChI is InChI=1S/C15H22N4O/c1-16-14-13(3-2-6-17-14)15(20)19-9-7-18(8-10-19)11-12-4-5-12/h2-3,6,12H,4-5,7-11H2,1H3,(H,16,17). The molecule has 1 saturated heterocycles. The van der Waals surface area contributed by atoms with Crippen LogP contribution in [0.25, 0.3) is 0 Å². The highest BCUT2D eigenvalue weighted by molar-refractivity contribution is 5.98. The van der Waals surface area contributed by atoms with Crippen LogP contribution in [0.5, 0.6) is 0 Å². The van der Waals surface area contributed by atoms with Crippen LogP contribution in [0, 0.1) is 5.92 Å². The van der Waals surface area contributed by atoms with E-state index < -0.39 is 0 Å². The third-order valence-corrected chi connectivity index (χ3v) is 4.15. The second kappa shape index (κ2) is 5.79. The minimum Gasteiger partial charge on any atom is -0.372 e. The number of aromatic nitrogens is 1. The van der Waals surface area contributed by atoms with Crippen molar-refractivity contribution in [3.63, 3.8) is 0 Å². The number of carbonyl (C=O) groups excluding carboxylic acids is 1. The van der Waals surface area contributed by atoms with E-state index in [0.29, 0.717) is 11.4 Å². The Hall–Kier alpha value is -1.62. The Kier molecular flexibility index (Phi) is 3.87. The van der Waals surface area contributed by atoms with Gasteiger partial charge in [-0.15, -0.1) is 0 Å². The van der Waals surface area contributed by atoms with Gasteiger partial charge in [0.1, 0.15) is 5.82 Å². The van der Waals surface area contributed by atoms with Crippen molar-refractivity contribution in [2.24, 2.45) is 5.92 Å². The van der Waals surface area contributed by atoms with E-state index in [1.807, 2.05) is 17.0 Å². The predicted molar refractivity (Wildman–Crippen MR) is 78.9 cm³/mol. The Balaban J connectivity index is 1.60. The highest BCUT2D eigenvalue weighted by Gasteiger charge is 2.28. The maximum atomic E-state index is 12.5. The van der Waals surface area contributed by atoms with Gasteiger partial charge in [-0.2, -0.15) is 0 Å². The molecule has 1 aliphatic carbocycles. The maximum absolute atomic E-state index is 12.5. The third-order valence-electron chi connectivity index (χ3n) is 4.15. The number of nitrogens with zero attached hydrogens (tertiary/aromatic N) is 3. The van der Waals surface area contributed by atoms with Gasteiger partial charge in [0.2, 0.25) is 0 Å². The summed E-state index contributed by atoms with van der Waals surface area (Å²) in [6.07, 6.45) is 4.48. The molecule has 5 heteroatoms. The zero-order valence-electron chi connectivity index (χ0n) is 12.0. The van der Waals surface area contributed by atoms with Crippen molar-refractivity contribution in [2.75, 3.05) is 45.1 Å². The lowest BCUT2D eigenvalue weighted by Gasteiger charge is -2.35. The van der Waals surface area contributed by atoms with Gasteiger partial charge in [0.15, 0.2) is 0 Å². The largest absolute Gasteiger partial charge is 0.372 e. The Morgan fingerprint density at radius 1 is 1.35 bits per heavy atom. The number of carbonyl (C=O) groups is 1. The zero-order valence-corrected chi connectivity index (χ0v) is 12.0. The molecule has 0 radical (unpaired) electrons. The summed E-state index contributed by atoms with van der Waals surface area (Å²) in [5, 5.41) is 2.99. The minimum atomic E-state index is 0.0912. The van der Waals surface area contributed by atoms with Crippen molar-refractivity contribution >= 4 is 11.7 Å². The van der Waals surface area contributed by atoms with Crippen LogP contribution in [0.2, 0.25) is 0 Å². The summed E-state index contributed by atoms with van der Waals surface area (Å²) in [7, 11) is 1.80. The number of rotatable bonds is 4. The molecule has 1 saturated carbocycles. The second-order valence-electron chi connectivity index (χ2n) is 5.69. The smallest absolute Gasteiger partial charge is 0.257 e. The number of anilines is 1. The first-order valence-corrected chi connectivity index (χ1v) is 7.42. The molecule has 1 aromatic rings. The highest BCUT2D eigenvalue weighted by atomic mass is 16.2. The van der Waals surface area contributed by atoms with Gasteiger partial charge in [-0.05, 0) is 30.9 Å². The molecular formula is C15H22N4O. The molecule has 0 unspecified atom stereocenters. The number of pyridine rings is 1. The molecule has 1 N–H and O–H groups in total. The van der Waals surface area contributed by atoms with Gasteiger partial charge < -0.3 is 10.2 Å². The van der Waals surface area contributed by atoms with Gasteiger partial charge in [-0.3, -0.25) is 9.69 Å². The molecule has 2 fully saturated rings. The summed E-state index contributed by atoms with van der Waals surface area (Å²) >= 11 is 0. The van der Waals surface area contributed by atoms with E-state index in [-0.39, 0.29) is 5.91 Å². The van der Waals surface area contributed by atoms with Crippen LogP contribution in [-0.2, 0) is 0 Å². The molecule has 0 spiro atoms. The van der Waals surface area contributed by atoms with Crippen molar-refractivity contribution in [2.45, 2.75) is 12.8 Å². The van der Waals surface area contributed by atoms with Gasteiger partial charge in [0.25, 0.3) is 5.91 Å². The second-order valence-corrected chi connectivity index (χ2v) is 5.69. The van der Waals surface area contributed by atoms with Gasteiger partial charge in [0, 0.05) is 46.0 Å². The lowest BCUT2D eigenvalue weighted by atomic mass is 10.2. The van der Waals surface area contributed by atoms with Crippen LogP contribution in [-0.4, -0.2) is 60.5 Å². The predicted octanol–water partition coefficient (Wildman–Crippen LogP) is 1.29. The summed E-state index contributed by atoms with van der Waals surface area (Å²) in [5.74, 6) is 1.68. The Morgan fingerprint density at radius 3 is 2.75 bits per heavy atom. The first kappa shape index (κ1) is 13.4. The molecule has 0 aromatic carbocycles. The SMILES string of the molecule is CNc1ncccc1C(=O)N1CCN(CC2CC2)CC1. The number of hydrogen-bond donors (Lipinski definition) is 1. The molecule has 0 bridgehead atoms. The molecule has 1 aromatic heterocycles. The summed E-state index contributed by atoms with van der Waals surface area (Å²) < 4.78 is 0. The Labute approximate surface area is 120 Å². The molecule has 2 heterocycles. The number of piperazine rings is 1. The van der Waals surface area contributed by atoms with E-state index in [1.165, 1.54) is 19.4 Å². The highest BCUT2D eigenvalue weighted by Crippen LogP contribution is 2.30. The first-order chi connectivity index (χ1) is 9.78. The number of amides is 1. The average Bonchev–Trinajstić information content (AvgIpc) is 3.31. The van der Waals surface area contributed by atoms with Crippen LogP contribution < -0.4 is 5.32 Å². The van der Waals surface area contributed by atoms with Gasteiger partial charge in [0.05, 0.1) is 5.56 Å². The summed E-state index contributed by atoms with van der Waals surface area (Å²) in [5.41, 5.74) is 0.672. The average molecular weight is 274 g/mol. The maximum Gasteiger partial charge on any atom is 0.257 e. The molecule has 3 rings (SSSR count). The summed E-state index contributed by atoms with van der Waals surface area (Å²) in [6.45, 7) is 4.86. The van der Waals surface area contributed by atoms with Crippen LogP contribution >= 0.6 is 0 Å². The monoisotopic (exact) mass is 274 g/mol. The van der Waals surface area contributed by atoms with E-state index >= 15 is 0 Å². The van der Waals surface area contributed by atoms with Crippen molar-refractivity contribution in [3.05, 3.63) is 23.9 Å². The summed E-state index contributed by atoms with van der Waals surface area (Å²) in [6, 6.07) is 3.66. The van der Waals surface area contributed by atoms with Gasteiger partial charge >= 0.3 is 0 Å².